The number of likely N-dealkylation sites (tertiary alicyclic amines) is 1. The van der Waals surface area contributed by atoms with E-state index in [0.717, 1.165) is 12.5 Å². The predicted octanol–water partition coefficient (Wildman–Crippen LogP) is 2.66. The van der Waals surface area contributed by atoms with Gasteiger partial charge in [0.05, 0.1) is 12.2 Å². The van der Waals surface area contributed by atoms with E-state index in [4.69, 9.17) is 4.74 Å². The van der Waals surface area contributed by atoms with E-state index in [2.05, 4.69) is 24.1 Å². The molecule has 2 heterocycles. The lowest BCUT2D eigenvalue weighted by atomic mass is 10.1. The van der Waals surface area contributed by atoms with Gasteiger partial charge in [-0.3, -0.25) is 4.90 Å². The van der Waals surface area contributed by atoms with Gasteiger partial charge >= 0.3 is 0 Å². The molecular formula is C16H32N2O. The van der Waals surface area contributed by atoms with E-state index in [1.807, 2.05) is 0 Å². The van der Waals surface area contributed by atoms with Crippen LogP contribution in [-0.2, 0) is 4.74 Å². The van der Waals surface area contributed by atoms with Gasteiger partial charge in [-0.1, -0.05) is 26.7 Å². The van der Waals surface area contributed by atoms with Gasteiger partial charge in [0, 0.05) is 13.1 Å². The molecular weight excluding hydrogens is 236 g/mol. The molecule has 0 radical (unpaired) electrons. The second-order valence-electron chi connectivity index (χ2n) is 6.73. The molecule has 2 aliphatic rings. The van der Waals surface area contributed by atoms with Crippen molar-refractivity contribution in [3.05, 3.63) is 0 Å². The summed E-state index contributed by atoms with van der Waals surface area (Å²) < 4.78 is 5.87. The molecule has 2 atom stereocenters. The molecule has 19 heavy (non-hydrogen) atoms. The number of fused-ring (bicyclic) bond motifs is 2. The minimum Gasteiger partial charge on any atom is -0.372 e. The molecule has 0 amide bonds. The number of rotatable bonds is 9. The fraction of sp³-hybridized carbons (Fsp3) is 1.00. The summed E-state index contributed by atoms with van der Waals surface area (Å²) in [6.45, 7) is 10.6. The number of ether oxygens (including phenoxy) is 1. The highest BCUT2D eigenvalue weighted by Gasteiger charge is 2.32. The number of morpholine rings is 1. The molecule has 2 aliphatic heterocycles. The van der Waals surface area contributed by atoms with Crippen LogP contribution < -0.4 is 5.32 Å². The van der Waals surface area contributed by atoms with Crippen LogP contribution in [0, 0.1) is 5.92 Å². The summed E-state index contributed by atoms with van der Waals surface area (Å²) >= 11 is 0. The smallest absolute Gasteiger partial charge is 0.0707 e. The van der Waals surface area contributed by atoms with Crippen LogP contribution in [0.2, 0.25) is 0 Å². The van der Waals surface area contributed by atoms with Crippen molar-refractivity contribution in [1.82, 2.24) is 10.2 Å². The number of hydrogen-bond acceptors (Lipinski definition) is 3. The Bertz CT molecular complexity index is 233. The summed E-state index contributed by atoms with van der Waals surface area (Å²) in [6.07, 6.45) is 9.16. The molecule has 0 aliphatic carbocycles. The Balaban J connectivity index is 1.40. The Labute approximate surface area is 119 Å². The number of nitrogens with zero attached hydrogens (tertiary/aromatic N) is 1. The van der Waals surface area contributed by atoms with Crippen molar-refractivity contribution in [1.29, 1.82) is 0 Å². The summed E-state index contributed by atoms with van der Waals surface area (Å²) in [5.41, 5.74) is 0. The Morgan fingerprint density at radius 1 is 1.05 bits per heavy atom. The van der Waals surface area contributed by atoms with Crippen LogP contribution >= 0.6 is 0 Å². The first-order chi connectivity index (χ1) is 9.24. The SMILES string of the molecule is CC(C)CNCCCCCCN1CC2CCC(C1)O2. The van der Waals surface area contributed by atoms with E-state index >= 15 is 0 Å². The molecule has 0 aromatic carbocycles. The maximum Gasteiger partial charge on any atom is 0.0707 e. The molecule has 0 spiro atoms. The van der Waals surface area contributed by atoms with Crippen molar-refractivity contribution in [2.75, 3.05) is 32.7 Å². The Morgan fingerprint density at radius 2 is 1.74 bits per heavy atom. The van der Waals surface area contributed by atoms with Crippen molar-refractivity contribution in [3.63, 3.8) is 0 Å². The zero-order valence-corrected chi connectivity index (χ0v) is 12.9. The lowest BCUT2D eigenvalue weighted by molar-refractivity contribution is -0.0385. The maximum atomic E-state index is 5.87. The summed E-state index contributed by atoms with van der Waals surface area (Å²) in [5, 5.41) is 3.52. The van der Waals surface area contributed by atoms with Crippen LogP contribution in [-0.4, -0.2) is 49.8 Å². The minimum absolute atomic E-state index is 0.555. The largest absolute Gasteiger partial charge is 0.372 e. The monoisotopic (exact) mass is 268 g/mol. The normalized spacial score (nSPS) is 27.3. The van der Waals surface area contributed by atoms with Crippen LogP contribution in [0.5, 0.6) is 0 Å². The van der Waals surface area contributed by atoms with Gasteiger partial charge in [0.2, 0.25) is 0 Å². The third-order valence-electron chi connectivity index (χ3n) is 4.25. The second-order valence-corrected chi connectivity index (χ2v) is 6.73. The van der Waals surface area contributed by atoms with E-state index in [9.17, 15) is 0 Å². The average molecular weight is 268 g/mol. The highest BCUT2D eigenvalue weighted by molar-refractivity contribution is 4.84. The van der Waals surface area contributed by atoms with Crippen molar-refractivity contribution >= 4 is 0 Å². The third-order valence-corrected chi connectivity index (χ3v) is 4.25. The lowest BCUT2D eigenvalue weighted by Crippen LogP contribution is -2.42. The molecule has 112 valence electrons. The van der Waals surface area contributed by atoms with Crippen LogP contribution in [0.25, 0.3) is 0 Å². The number of unbranched alkanes of at least 4 members (excludes halogenated alkanes) is 3. The predicted molar refractivity (Wildman–Crippen MR) is 80.5 cm³/mol. The zero-order chi connectivity index (χ0) is 13.5. The van der Waals surface area contributed by atoms with Crippen molar-refractivity contribution in [2.24, 2.45) is 5.92 Å². The molecule has 2 fully saturated rings. The Kier molecular flexibility index (Phi) is 6.62. The molecule has 2 unspecified atom stereocenters. The number of nitrogens with one attached hydrogen (secondary N) is 1. The first-order valence-electron chi connectivity index (χ1n) is 8.32. The summed E-state index contributed by atoms with van der Waals surface area (Å²) in [5.74, 6) is 0.775. The maximum absolute atomic E-state index is 5.87. The highest BCUT2D eigenvalue weighted by Crippen LogP contribution is 2.26. The van der Waals surface area contributed by atoms with E-state index in [0.29, 0.717) is 12.2 Å². The standard InChI is InChI=1S/C16H32N2O/c1-14(2)11-17-9-5-3-4-6-10-18-12-15-7-8-16(13-18)19-15/h14-17H,3-13H2,1-2H3. The van der Waals surface area contributed by atoms with Gasteiger partial charge in [-0.2, -0.15) is 0 Å². The van der Waals surface area contributed by atoms with Crippen molar-refractivity contribution in [2.45, 2.75) is 64.6 Å². The van der Waals surface area contributed by atoms with Gasteiger partial charge in [-0.25, -0.2) is 0 Å². The summed E-state index contributed by atoms with van der Waals surface area (Å²) in [4.78, 5) is 2.63. The van der Waals surface area contributed by atoms with Gasteiger partial charge in [0.1, 0.15) is 0 Å². The first kappa shape index (κ1) is 15.3. The highest BCUT2D eigenvalue weighted by atomic mass is 16.5. The Morgan fingerprint density at radius 3 is 2.42 bits per heavy atom. The Hall–Kier alpha value is -0.120. The van der Waals surface area contributed by atoms with Crippen LogP contribution in [0.15, 0.2) is 0 Å². The van der Waals surface area contributed by atoms with Crippen molar-refractivity contribution < 1.29 is 4.74 Å². The third kappa shape index (κ3) is 5.80. The zero-order valence-electron chi connectivity index (χ0n) is 12.9. The van der Waals surface area contributed by atoms with Crippen LogP contribution in [0.4, 0.5) is 0 Å². The van der Waals surface area contributed by atoms with E-state index < -0.39 is 0 Å². The van der Waals surface area contributed by atoms with E-state index in [1.54, 1.807) is 0 Å². The van der Waals surface area contributed by atoms with E-state index in [1.165, 1.54) is 64.7 Å². The number of hydrogen-bond donors (Lipinski definition) is 1. The molecule has 2 rings (SSSR count). The molecule has 2 bridgehead atoms. The van der Waals surface area contributed by atoms with Gasteiger partial charge in [0.25, 0.3) is 0 Å². The first-order valence-corrected chi connectivity index (χ1v) is 8.32. The topological polar surface area (TPSA) is 24.5 Å². The molecule has 1 N–H and O–H groups in total. The molecule has 3 heteroatoms. The fourth-order valence-corrected chi connectivity index (χ4v) is 3.21. The van der Waals surface area contributed by atoms with Gasteiger partial charge in [-0.05, 0) is 51.2 Å². The molecule has 0 aromatic rings. The van der Waals surface area contributed by atoms with Crippen LogP contribution in [0.1, 0.15) is 52.4 Å². The molecule has 0 saturated carbocycles. The quantitative estimate of drug-likeness (QED) is 0.651. The molecule has 0 aromatic heterocycles. The average Bonchev–Trinajstić information content (AvgIpc) is 2.71. The van der Waals surface area contributed by atoms with Crippen LogP contribution in [0.3, 0.4) is 0 Å². The molecule has 3 nitrogen and oxygen atoms in total. The lowest BCUT2D eigenvalue weighted by Gasteiger charge is -2.32. The fourth-order valence-electron chi connectivity index (χ4n) is 3.21. The van der Waals surface area contributed by atoms with Crippen molar-refractivity contribution in [3.8, 4) is 0 Å². The summed E-state index contributed by atoms with van der Waals surface area (Å²) in [7, 11) is 0. The van der Waals surface area contributed by atoms with Gasteiger partial charge in [-0.15, -0.1) is 0 Å². The van der Waals surface area contributed by atoms with Gasteiger partial charge in [0.15, 0.2) is 0 Å². The second kappa shape index (κ2) is 8.23. The van der Waals surface area contributed by atoms with Gasteiger partial charge < -0.3 is 10.1 Å². The minimum atomic E-state index is 0.555. The molecule has 2 saturated heterocycles. The summed E-state index contributed by atoms with van der Waals surface area (Å²) in [6, 6.07) is 0. The van der Waals surface area contributed by atoms with E-state index in [-0.39, 0.29) is 0 Å².